The van der Waals surface area contributed by atoms with Crippen molar-refractivity contribution in [1.29, 1.82) is 5.41 Å². The molecular formula is C21H28ClNO. The fourth-order valence-electron chi connectivity index (χ4n) is 2.69. The lowest BCUT2D eigenvalue weighted by atomic mass is 9.77. The first-order valence-corrected chi connectivity index (χ1v) is 8.04. The zero-order valence-corrected chi connectivity index (χ0v) is 16.2. The van der Waals surface area contributed by atoms with Gasteiger partial charge < -0.3 is 5.11 Å². The first kappa shape index (κ1) is 20.2. The molecule has 0 atom stereocenters. The van der Waals surface area contributed by atoms with Crippen molar-refractivity contribution >= 4 is 18.1 Å². The molecule has 0 bridgehead atoms. The number of rotatable bonds is 2. The molecule has 0 fully saturated rings. The van der Waals surface area contributed by atoms with Gasteiger partial charge in [0, 0.05) is 16.7 Å². The summed E-state index contributed by atoms with van der Waals surface area (Å²) >= 11 is 0. The van der Waals surface area contributed by atoms with Crippen molar-refractivity contribution in [2.45, 2.75) is 52.4 Å². The number of nitrogens with one attached hydrogen (secondary N) is 1. The van der Waals surface area contributed by atoms with Crippen LogP contribution in [0.15, 0.2) is 42.5 Å². The van der Waals surface area contributed by atoms with Crippen molar-refractivity contribution < 1.29 is 5.11 Å². The lowest BCUT2D eigenvalue weighted by Gasteiger charge is -2.28. The van der Waals surface area contributed by atoms with Crippen molar-refractivity contribution in [1.82, 2.24) is 0 Å². The maximum absolute atomic E-state index is 10.8. The smallest absolute Gasteiger partial charge is 0.123 e. The first-order valence-electron chi connectivity index (χ1n) is 8.04. The number of benzene rings is 2. The highest BCUT2D eigenvalue weighted by Crippen LogP contribution is 2.40. The predicted octanol–water partition coefficient (Wildman–Crippen LogP) is 5.83. The second-order valence-corrected chi connectivity index (χ2v) is 8.16. The molecule has 0 aliphatic carbocycles. The van der Waals surface area contributed by atoms with E-state index in [1.54, 1.807) is 0 Å². The monoisotopic (exact) mass is 345 g/mol. The molecule has 2 N–H and O–H groups in total. The number of phenolic OH excluding ortho intramolecular Hbond substituents is 1. The number of hydrogen-bond donors (Lipinski definition) is 2. The van der Waals surface area contributed by atoms with E-state index in [9.17, 15) is 5.11 Å². The molecule has 0 spiro atoms. The van der Waals surface area contributed by atoms with Crippen molar-refractivity contribution in [3.05, 3.63) is 64.7 Å². The highest BCUT2D eigenvalue weighted by Gasteiger charge is 2.27. The average Bonchev–Trinajstić information content (AvgIpc) is 2.45. The summed E-state index contributed by atoms with van der Waals surface area (Å²) < 4.78 is 0. The van der Waals surface area contributed by atoms with E-state index < -0.39 is 0 Å². The Balaban J connectivity index is 0.00000288. The summed E-state index contributed by atoms with van der Waals surface area (Å²) in [6.45, 7) is 12.5. The van der Waals surface area contributed by atoms with Gasteiger partial charge in [0.15, 0.2) is 0 Å². The van der Waals surface area contributed by atoms with Crippen molar-refractivity contribution in [3.8, 4) is 5.75 Å². The minimum absolute atomic E-state index is 0. The molecule has 2 aromatic carbocycles. The standard InChI is InChI=1S/C21H27NO.ClH/c1-20(2,3)16-12-15(13-17(19(16)23)21(4,5)6)18(22)14-10-8-7-9-11-14;/h7-13,22-23H,1-6H3;1H. The SMILES string of the molecule is CC(C)(C)c1cc(C(=N)c2ccccc2)cc(C(C)(C)C)c1O.Cl. The van der Waals surface area contributed by atoms with E-state index in [2.05, 4.69) is 41.5 Å². The third-order valence-electron chi connectivity index (χ3n) is 4.08. The van der Waals surface area contributed by atoms with Crippen LogP contribution >= 0.6 is 12.4 Å². The zero-order chi connectivity index (χ0) is 17.4. The Morgan fingerprint density at radius 3 is 1.58 bits per heavy atom. The molecule has 2 nitrogen and oxygen atoms in total. The molecule has 0 amide bonds. The predicted molar refractivity (Wildman–Crippen MR) is 105 cm³/mol. The topological polar surface area (TPSA) is 44.1 Å². The summed E-state index contributed by atoms with van der Waals surface area (Å²) in [6, 6.07) is 13.7. The minimum atomic E-state index is -0.183. The fraction of sp³-hybridized carbons (Fsp3) is 0.381. The van der Waals surface area contributed by atoms with Gasteiger partial charge in [-0.15, -0.1) is 12.4 Å². The van der Waals surface area contributed by atoms with E-state index in [0.717, 1.165) is 22.3 Å². The van der Waals surface area contributed by atoms with Crippen LogP contribution in [-0.4, -0.2) is 10.8 Å². The Morgan fingerprint density at radius 1 is 0.792 bits per heavy atom. The molecule has 130 valence electrons. The van der Waals surface area contributed by atoms with Crippen molar-refractivity contribution in [3.63, 3.8) is 0 Å². The van der Waals surface area contributed by atoms with Gasteiger partial charge in [-0.05, 0) is 28.5 Å². The summed E-state index contributed by atoms with van der Waals surface area (Å²) in [4.78, 5) is 0. The van der Waals surface area contributed by atoms with Crippen LogP contribution in [0.5, 0.6) is 5.75 Å². The summed E-state index contributed by atoms with van der Waals surface area (Å²) in [5, 5.41) is 19.3. The van der Waals surface area contributed by atoms with Gasteiger partial charge in [-0.3, -0.25) is 5.41 Å². The molecule has 24 heavy (non-hydrogen) atoms. The van der Waals surface area contributed by atoms with Gasteiger partial charge in [-0.1, -0.05) is 71.9 Å². The molecule has 0 saturated heterocycles. The van der Waals surface area contributed by atoms with Gasteiger partial charge in [0.25, 0.3) is 0 Å². The van der Waals surface area contributed by atoms with Crippen LogP contribution in [0.1, 0.15) is 63.8 Å². The van der Waals surface area contributed by atoms with Crippen LogP contribution in [0.3, 0.4) is 0 Å². The third kappa shape index (κ3) is 4.18. The summed E-state index contributed by atoms with van der Waals surface area (Å²) in [6.07, 6.45) is 0. The van der Waals surface area contributed by atoms with Crippen LogP contribution in [0.4, 0.5) is 0 Å². The molecule has 2 rings (SSSR count). The third-order valence-corrected chi connectivity index (χ3v) is 4.08. The lowest BCUT2D eigenvalue weighted by molar-refractivity contribution is 0.423. The van der Waals surface area contributed by atoms with E-state index in [-0.39, 0.29) is 23.2 Å². The Bertz CT molecular complexity index is 687. The lowest BCUT2D eigenvalue weighted by Crippen LogP contribution is -2.19. The van der Waals surface area contributed by atoms with E-state index in [1.165, 1.54) is 0 Å². The highest BCUT2D eigenvalue weighted by molar-refractivity contribution is 6.11. The van der Waals surface area contributed by atoms with Crippen LogP contribution in [0, 0.1) is 5.41 Å². The summed E-state index contributed by atoms with van der Waals surface area (Å²) in [5.74, 6) is 0.356. The molecule has 0 aromatic heterocycles. The van der Waals surface area contributed by atoms with Crippen LogP contribution < -0.4 is 0 Å². The zero-order valence-electron chi connectivity index (χ0n) is 15.4. The van der Waals surface area contributed by atoms with Gasteiger partial charge in [0.1, 0.15) is 5.75 Å². The largest absolute Gasteiger partial charge is 0.507 e. The molecule has 3 heteroatoms. The Hall–Kier alpha value is -1.80. The maximum Gasteiger partial charge on any atom is 0.123 e. The molecule has 0 heterocycles. The maximum atomic E-state index is 10.8. The highest BCUT2D eigenvalue weighted by atomic mass is 35.5. The number of halogens is 1. The molecule has 0 saturated carbocycles. The number of aromatic hydroxyl groups is 1. The van der Waals surface area contributed by atoms with Gasteiger partial charge in [-0.25, -0.2) is 0 Å². The number of phenols is 1. The second kappa shape index (κ2) is 6.98. The van der Waals surface area contributed by atoms with Crippen LogP contribution in [0.2, 0.25) is 0 Å². The second-order valence-electron chi connectivity index (χ2n) is 8.16. The Labute approximate surface area is 151 Å². The number of hydrogen-bond acceptors (Lipinski definition) is 2. The normalized spacial score (nSPS) is 11.8. The van der Waals surface area contributed by atoms with Crippen LogP contribution in [0.25, 0.3) is 0 Å². The first-order chi connectivity index (χ1) is 10.5. The summed E-state index contributed by atoms with van der Waals surface area (Å²) in [5.41, 5.74) is 3.64. The molecule has 0 aliphatic heterocycles. The fourth-order valence-corrected chi connectivity index (χ4v) is 2.69. The van der Waals surface area contributed by atoms with E-state index in [1.807, 2.05) is 42.5 Å². The quantitative estimate of drug-likeness (QED) is 0.661. The average molecular weight is 346 g/mol. The van der Waals surface area contributed by atoms with Gasteiger partial charge in [0.05, 0.1) is 5.71 Å². The van der Waals surface area contributed by atoms with E-state index in [4.69, 9.17) is 5.41 Å². The van der Waals surface area contributed by atoms with Gasteiger partial charge in [0.2, 0.25) is 0 Å². The minimum Gasteiger partial charge on any atom is -0.507 e. The van der Waals surface area contributed by atoms with E-state index >= 15 is 0 Å². The van der Waals surface area contributed by atoms with Crippen molar-refractivity contribution in [2.24, 2.45) is 0 Å². The van der Waals surface area contributed by atoms with E-state index in [0.29, 0.717) is 11.5 Å². The molecule has 0 unspecified atom stereocenters. The summed E-state index contributed by atoms with van der Waals surface area (Å²) in [7, 11) is 0. The van der Waals surface area contributed by atoms with Gasteiger partial charge in [-0.2, -0.15) is 0 Å². The molecule has 2 aromatic rings. The van der Waals surface area contributed by atoms with Gasteiger partial charge >= 0.3 is 0 Å². The molecule has 0 radical (unpaired) electrons. The molecule has 0 aliphatic rings. The molecular weight excluding hydrogens is 318 g/mol. The Morgan fingerprint density at radius 2 is 1.21 bits per heavy atom. The van der Waals surface area contributed by atoms with Crippen molar-refractivity contribution in [2.75, 3.05) is 0 Å². The van der Waals surface area contributed by atoms with Crippen LogP contribution in [-0.2, 0) is 10.8 Å². The Kier molecular flexibility index (Phi) is 5.89.